The van der Waals surface area contributed by atoms with Crippen LogP contribution in [0.5, 0.6) is 0 Å². The van der Waals surface area contributed by atoms with E-state index in [9.17, 15) is 9.59 Å². The van der Waals surface area contributed by atoms with Crippen molar-refractivity contribution in [2.24, 2.45) is 0 Å². The van der Waals surface area contributed by atoms with Gasteiger partial charge in [-0.2, -0.15) is 11.3 Å². The molecule has 1 aliphatic heterocycles. The maximum Gasteiger partial charge on any atom is 0.329 e. The van der Waals surface area contributed by atoms with Gasteiger partial charge >= 0.3 is 6.03 Å². The van der Waals surface area contributed by atoms with Crippen molar-refractivity contribution >= 4 is 23.3 Å². The maximum atomic E-state index is 12.2. The molecule has 2 aromatic rings. The van der Waals surface area contributed by atoms with Crippen molar-refractivity contribution in [3.63, 3.8) is 0 Å². The first-order chi connectivity index (χ1) is 9.75. The summed E-state index contributed by atoms with van der Waals surface area (Å²) in [6.45, 7) is 2.23. The molecule has 2 aromatic heterocycles. The highest BCUT2D eigenvalue weighted by molar-refractivity contribution is 7.08. The summed E-state index contributed by atoms with van der Waals surface area (Å²) in [6.07, 6.45) is 4.70. The minimum Gasteiger partial charge on any atom is -0.335 e. The summed E-state index contributed by atoms with van der Waals surface area (Å²) in [7, 11) is 0. The van der Waals surface area contributed by atoms with Crippen molar-refractivity contribution < 1.29 is 9.59 Å². The van der Waals surface area contributed by atoms with Crippen LogP contribution in [0.25, 0.3) is 0 Å². The number of nitrogens with zero attached hydrogens (tertiary/aromatic N) is 4. The van der Waals surface area contributed by atoms with Gasteiger partial charge in [-0.05, 0) is 11.4 Å². The minimum atomic E-state index is -0.0925. The number of aromatic nitrogens is 2. The van der Waals surface area contributed by atoms with Crippen LogP contribution < -0.4 is 0 Å². The molecule has 0 radical (unpaired) electrons. The summed E-state index contributed by atoms with van der Waals surface area (Å²) in [5.41, 5.74) is 0.726. The molecule has 1 aliphatic rings. The Kier molecular flexibility index (Phi) is 3.51. The fourth-order valence-corrected chi connectivity index (χ4v) is 2.83. The van der Waals surface area contributed by atoms with Crippen LogP contribution in [-0.2, 0) is 0 Å². The highest BCUT2D eigenvalue weighted by Crippen LogP contribution is 2.12. The van der Waals surface area contributed by atoms with E-state index in [1.165, 1.54) is 22.2 Å². The molecule has 104 valence electrons. The number of rotatable bonds is 1. The van der Waals surface area contributed by atoms with Gasteiger partial charge in [-0.1, -0.05) is 0 Å². The first kappa shape index (κ1) is 12.9. The molecule has 0 saturated carbocycles. The third-order valence-corrected chi connectivity index (χ3v) is 4.01. The fraction of sp³-hybridized carbons (Fsp3) is 0.308. The van der Waals surface area contributed by atoms with Gasteiger partial charge in [0.1, 0.15) is 6.33 Å². The summed E-state index contributed by atoms with van der Waals surface area (Å²) in [4.78, 5) is 31.7. The zero-order valence-corrected chi connectivity index (χ0v) is 11.6. The van der Waals surface area contributed by atoms with E-state index in [0.717, 1.165) is 5.56 Å². The number of hydrogen-bond donors (Lipinski definition) is 0. The number of piperazine rings is 1. The number of hydrogen-bond acceptors (Lipinski definition) is 4. The summed E-state index contributed by atoms with van der Waals surface area (Å²) in [6, 6.07) is 1.74. The summed E-state index contributed by atoms with van der Waals surface area (Å²) < 4.78 is 1.45. The molecule has 0 unspecified atom stereocenters. The van der Waals surface area contributed by atoms with Gasteiger partial charge < -0.3 is 9.80 Å². The lowest BCUT2D eigenvalue weighted by atomic mass is 10.2. The smallest absolute Gasteiger partial charge is 0.329 e. The van der Waals surface area contributed by atoms with Gasteiger partial charge in [-0.15, -0.1) is 0 Å². The molecule has 3 heterocycles. The number of thiophene rings is 1. The Morgan fingerprint density at radius 3 is 2.50 bits per heavy atom. The van der Waals surface area contributed by atoms with Crippen LogP contribution >= 0.6 is 11.3 Å². The van der Waals surface area contributed by atoms with Gasteiger partial charge in [0.05, 0.1) is 5.56 Å². The van der Waals surface area contributed by atoms with Crippen LogP contribution in [0.1, 0.15) is 10.4 Å². The van der Waals surface area contributed by atoms with Crippen molar-refractivity contribution in [2.45, 2.75) is 0 Å². The third-order valence-electron chi connectivity index (χ3n) is 3.33. The average Bonchev–Trinajstić information content (AvgIpc) is 3.18. The molecule has 2 amide bonds. The van der Waals surface area contributed by atoms with Gasteiger partial charge in [0, 0.05) is 44.0 Å². The number of amides is 2. The molecule has 3 rings (SSSR count). The quantitative estimate of drug-likeness (QED) is 0.797. The fourth-order valence-electron chi connectivity index (χ4n) is 2.21. The second-order valence-electron chi connectivity index (χ2n) is 4.54. The molecule has 0 aliphatic carbocycles. The van der Waals surface area contributed by atoms with E-state index in [0.29, 0.717) is 26.2 Å². The van der Waals surface area contributed by atoms with E-state index in [4.69, 9.17) is 0 Å². The average molecular weight is 290 g/mol. The first-order valence-corrected chi connectivity index (χ1v) is 7.29. The topological polar surface area (TPSA) is 58.4 Å². The van der Waals surface area contributed by atoms with E-state index >= 15 is 0 Å². The molecular weight excluding hydrogens is 276 g/mol. The number of carbonyl (C=O) groups excluding carboxylic acids is 2. The molecule has 0 N–H and O–H groups in total. The largest absolute Gasteiger partial charge is 0.335 e. The van der Waals surface area contributed by atoms with Crippen LogP contribution in [0, 0.1) is 0 Å². The Balaban J connectivity index is 1.60. The lowest BCUT2D eigenvalue weighted by Crippen LogP contribution is -2.51. The van der Waals surface area contributed by atoms with Crippen LogP contribution in [0.15, 0.2) is 35.5 Å². The Morgan fingerprint density at radius 2 is 1.90 bits per heavy atom. The third kappa shape index (κ3) is 2.44. The molecule has 0 aromatic carbocycles. The van der Waals surface area contributed by atoms with Crippen molar-refractivity contribution in [3.8, 4) is 0 Å². The molecule has 1 fully saturated rings. The Bertz CT molecular complexity index is 532. The van der Waals surface area contributed by atoms with Gasteiger partial charge in [0.15, 0.2) is 0 Å². The van der Waals surface area contributed by atoms with Crippen LogP contribution in [0.2, 0.25) is 0 Å². The zero-order valence-electron chi connectivity index (χ0n) is 10.8. The normalized spacial score (nSPS) is 15.4. The zero-order chi connectivity index (χ0) is 13.9. The lowest BCUT2D eigenvalue weighted by molar-refractivity contribution is 0.0666. The van der Waals surface area contributed by atoms with Crippen molar-refractivity contribution in [1.82, 2.24) is 19.4 Å². The minimum absolute atomic E-state index is 0.0426. The van der Waals surface area contributed by atoms with Crippen molar-refractivity contribution in [3.05, 3.63) is 41.1 Å². The van der Waals surface area contributed by atoms with E-state index in [1.807, 2.05) is 16.8 Å². The summed E-state index contributed by atoms with van der Waals surface area (Å²) in [5.74, 6) is 0.0426. The first-order valence-electron chi connectivity index (χ1n) is 6.34. The van der Waals surface area contributed by atoms with Crippen molar-refractivity contribution in [2.75, 3.05) is 26.2 Å². The maximum absolute atomic E-state index is 12.2. The number of carbonyl (C=O) groups is 2. The molecule has 20 heavy (non-hydrogen) atoms. The Morgan fingerprint density at radius 1 is 1.15 bits per heavy atom. The van der Waals surface area contributed by atoms with Gasteiger partial charge in [0.2, 0.25) is 0 Å². The second-order valence-corrected chi connectivity index (χ2v) is 5.32. The second kappa shape index (κ2) is 5.46. The standard InChI is InChI=1S/C13H14N4O2S/c18-12(11-1-8-20-9-11)15-4-6-16(7-5-15)13(19)17-3-2-14-10-17/h1-3,8-10H,4-7H2. The van der Waals surface area contributed by atoms with Crippen LogP contribution in [-0.4, -0.2) is 57.5 Å². The van der Waals surface area contributed by atoms with Crippen LogP contribution in [0.3, 0.4) is 0 Å². The summed E-state index contributed by atoms with van der Waals surface area (Å²) >= 11 is 1.51. The predicted octanol–water partition coefficient (Wildman–Crippen LogP) is 1.37. The molecule has 0 atom stereocenters. The van der Waals surface area contributed by atoms with E-state index in [-0.39, 0.29) is 11.9 Å². The van der Waals surface area contributed by atoms with Gasteiger partial charge in [-0.3, -0.25) is 9.36 Å². The number of imidazole rings is 1. The van der Waals surface area contributed by atoms with E-state index in [1.54, 1.807) is 22.2 Å². The monoisotopic (exact) mass is 290 g/mol. The van der Waals surface area contributed by atoms with Crippen molar-refractivity contribution in [1.29, 1.82) is 0 Å². The molecule has 0 bridgehead atoms. The molecular formula is C13H14N4O2S. The lowest BCUT2D eigenvalue weighted by Gasteiger charge is -2.34. The van der Waals surface area contributed by atoms with Gasteiger partial charge in [-0.25, -0.2) is 9.78 Å². The highest BCUT2D eigenvalue weighted by atomic mass is 32.1. The highest BCUT2D eigenvalue weighted by Gasteiger charge is 2.25. The summed E-state index contributed by atoms with van der Waals surface area (Å²) in [5, 5.41) is 3.75. The Labute approximate surface area is 120 Å². The van der Waals surface area contributed by atoms with Gasteiger partial charge in [0.25, 0.3) is 5.91 Å². The van der Waals surface area contributed by atoms with Crippen LogP contribution in [0.4, 0.5) is 4.79 Å². The molecule has 6 nitrogen and oxygen atoms in total. The molecule has 1 saturated heterocycles. The Hall–Kier alpha value is -2.15. The van der Waals surface area contributed by atoms with E-state index < -0.39 is 0 Å². The van der Waals surface area contributed by atoms with E-state index in [2.05, 4.69) is 4.98 Å². The molecule has 0 spiro atoms. The SMILES string of the molecule is O=C(c1ccsc1)N1CCN(C(=O)n2ccnc2)CC1. The predicted molar refractivity (Wildman–Crippen MR) is 74.8 cm³/mol. The molecule has 7 heteroatoms.